The SMILES string of the molecule is Cn1nccc1C(=O)NCC(=O)N1CCCc2ccccc21. The monoisotopic (exact) mass is 298 g/mol. The molecule has 0 bridgehead atoms. The topological polar surface area (TPSA) is 67.2 Å². The lowest BCUT2D eigenvalue weighted by Gasteiger charge is -2.29. The maximum atomic E-state index is 12.4. The van der Waals surface area contributed by atoms with Crippen molar-refractivity contribution in [2.45, 2.75) is 12.8 Å². The molecule has 3 rings (SSSR count). The number of hydrogen-bond acceptors (Lipinski definition) is 3. The van der Waals surface area contributed by atoms with E-state index in [1.807, 2.05) is 24.3 Å². The van der Waals surface area contributed by atoms with Crippen molar-refractivity contribution in [1.29, 1.82) is 0 Å². The van der Waals surface area contributed by atoms with Crippen LogP contribution in [0.1, 0.15) is 22.5 Å². The Morgan fingerprint density at radius 3 is 2.86 bits per heavy atom. The Hall–Kier alpha value is -2.63. The normalized spacial score (nSPS) is 13.6. The predicted molar refractivity (Wildman–Crippen MR) is 82.7 cm³/mol. The number of carbonyl (C=O) groups is 2. The molecule has 0 saturated heterocycles. The molecular weight excluding hydrogens is 280 g/mol. The van der Waals surface area contributed by atoms with Gasteiger partial charge in [-0.2, -0.15) is 5.10 Å². The number of aromatic nitrogens is 2. The van der Waals surface area contributed by atoms with E-state index in [1.165, 1.54) is 10.2 Å². The van der Waals surface area contributed by atoms with Crippen molar-refractivity contribution in [3.63, 3.8) is 0 Å². The average Bonchev–Trinajstić information content (AvgIpc) is 2.98. The Labute approximate surface area is 128 Å². The number of aryl methyl sites for hydroxylation is 2. The van der Waals surface area contributed by atoms with E-state index >= 15 is 0 Å². The average molecular weight is 298 g/mol. The van der Waals surface area contributed by atoms with E-state index in [9.17, 15) is 9.59 Å². The number of amides is 2. The molecule has 1 aromatic heterocycles. The van der Waals surface area contributed by atoms with Crippen molar-refractivity contribution in [3.05, 3.63) is 47.8 Å². The fourth-order valence-electron chi connectivity index (χ4n) is 2.73. The van der Waals surface area contributed by atoms with Crippen molar-refractivity contribution < 1.29 is 9.59 Å². The summed E-state index contributed by atoms with van der Waals surface area (Å²) in [5.74, 6) is -0.388. The summed E-state index contributed by atoms with van der Waals surface area (Å²) in [6.45, 7) is 0.676. The largest absolute Gasteiger partial charge is 0.342 e. The first-order valence-corrected chi connectivity index (χ1v) is 7.31. The van der Waals surface area contributed by atoms with E-state index in [0.29, 0.717) is 12.2 Å². The van der Waals surface area contributed by atoms with Gasteiger partial charge < -0.3 is 10.2 Å². The highest BCUT2D eigenvalue weighted by Gasteiger charge is 2.22. The Kier molecular flexibility index (Phi) is 3.91. The van der Waals surface area contributed by atoms with Crippen LogP contribution in [0.3, 0.4) is 0 Å². The summed E-state index contributed by atoms with van der Waals surface area (Å²) in [7, 11) is 1.69. The zero-order valence-corrected chi connectivity index (χ0v) is 12.5. The minimum atomic E-state index is -0.293. The molecule has 2 amide bonds. The quantitative estimate of drug-likeness (QED) is 0.923. The van der Waals surface area contributed by atoms with E-state index in [-0.39, 0.29) is 18.4 Å². The molecule has 0 radical (unpaired) electrons. The number of fused-ring (bicyclic) bond motifs is 1. The van der Waals surface area contributed by atoms with E-state index in [0.717, 1.165) is 18.5 Å². The molecule has 6 heteroatoms. The molecule has 0 fully saturated rings. The minimum Gasteiger partial charge on any atom is -0.342 e. The van der Waals surface area contributed by atoms with Gasteiger partial charge in [0.25, 0.3) is 5.91 Å². The fourth-order valence-corrected chi connectivity index (χ4v) is 2.73. The first-order chi connectivity index (χ1) is 10.7. The Balaban J connectivity index is 1.66. The molecule has 1 N–H and O–H groups in total. The molecular formula is C16H18N4O2. The molecule has 1 aliphatic heterocycles. The van der Waals surface area contributed by atoms with Gasteiger partial charge in [-0.05, 0) is 30.5 Å². The summed E-state index contributed by atoms with van der Waals surface area (Å²) in [5, 5.41) is 6.61. The maximum Gasteiger partial charge on any atom is 0.269 e. The number of nitrogens with zero attached hydrogens (tertiary/aromatic N) is 3. The zero-order valence-electron chi connectivity index (χ0n) is 12.5. The number of para-hydroxylation sites is 1. The third kappa shape index (κ3) is 2.72. The van der Waals surface area contributed by atoms with Crippen LogP contribution in [0, 0.1) is 0 Å². The lowest BCUT2D eigenvalue weighted by Crippen LogP contribution is -2.42. The van der Waals surface area contributed by atoms with E-state index in [1.54, 1.807) is 24.2 Å². The van der Waals surface area contributed by atoms with Gasteiger partial charge in [-0.3, -0.25) is 14.3 Å². The van der Waals surface area contributed by atoms with Gasteiger partial charge in [0.05, 0.1) is 6.54 Å². The van der Waals surface area contributed by atoms with Gasteiger partial charge in [-0.1, -0.05) is 18.2 Å². The van der Waals surface area contributed by atoms with Gasteiger partial charge in [0.15, 0.2) is 0 Å². The van der Waals surface area contributed by atoms with Crippen molar-refractivity contribution in [2.75, 3.05) is 18.0 Å². The van der Waals surface area contributed by atoms with E-state index < -0.39 is 0 Å². The molecule has 2 heterocycles. The maximum absolute atomic E-state index is 12.4. The lowest BCUT2D eigenvalue weighted by atomic mass is 10.0. The molecule has 6 nitrogen and oxygen atoms in total. The third-order valence-corrected chi connectivity index (χ3v) is 3.87. The number of rotatable bonds is 3. The summed E-state index contributed by atoms with van der Waals surface area (Å²) >= 11 is 0. The molecule has 0 atom stereocenters. The number of nitrogens with one attached hydrogen (secondary N) is 1. The molecule has 2 aromatic rings. The smallest absolute Gasteiger partial charge is 0.269 e. The van der Waals surface area contributed by atoms with Crippen LogP contribution in [0.5, 0.6) is 0 Å². The highest BCUT2D eigenvalue weighted by molar-refractivity contribution is 6.00. The van der Waals surface area contributed by atoms with Gasteiger partial charge in [-0.15, -0.1) is 0 Å². The van der Waals surface area contributed by atoms with Crippen LogP contribution in [-0.2, 0) is 18.3 Å². The zero-order chi connectivity index (χ0) is 15.5. The third-order valence-electron chi connectivity index (χ3n) is 3.87. The molecule has 0 saturated carbocycles. The van der Waals surface area contributed by atoms with E-state index in [4.69, 9.17) is 0 Å². The van der Waals surface area contributed by atoms with Gasteiger partial charge in [0, 0.05) is 25.5 Å². The summed E-state index contributed by atoms with van der Waals surface area (Å²) in [5.41, 5.74) is 2.57. The molecule has 1 aromatic carbocycles. The predicted octanol–water partition coefficient (Wildman–Crippen LogP) is 1.13. The van der Waals surface area contributed by atoms with Gasteiger partial charge in [-0.25, -0.2) is 0 Å². The first kappa shape index (κ1) is 14.3. The molecule has 0 unspecified atom stereocenters. The number of hydrogen-bond donors (Lipinski definition) is 1. The van der Waals surface area contributed by atoms with Crippen molar-refractivity contribution in [2.24, 2.45) is 7.05 Å². The lowest BCUT2D eigenvalue weighted by molar-refractivity contribution is -0.117. The second kappa shape index (κ2) is 6.01. The summed E-state index contributed by atoms with van der Waals surface area (Å²) < 4.78 is 1.48. The molecule has 22 heavy (non-hydrogen) atoms. The Morgan fingerprint density at radius 2 is 2.09 bits per heavy atom. The summed E-state index contributed by atoms with van der Waals surface area (Å²) in [4.78, 5) is 26.2. The first-order valence-electron chi connectivity index (χ1n) is 7.31. The van der Waals surface area contributed by atoms with E-state index in [2.05, 4.69) is 10.4 Å². The van der Waals surface area contributed by atoms with Crippen molar-refractivity contribution >= 4 is 17.5 Å². The molecule has 114 valence electrons. The van der Waals surface area contributed by atoms with Crippen LogP contribution in [0.4, 0.5) is 5.69 Å². The van der Waals surface area contributed by atoms with Crippen LogP contribution in [-0.4, -0.2) is 34.7 Å². The number of carbonyl (C=O) groups excluding carboxylic acids is 2. The Bertz CT molecular complexity index is 708. The van der Waals surface area contributed by atoms with Crippen LogP contribution in [0.15, 0.2) is 36.5 Å². The standard InChI is InChI=1S/C16H18N4O2/c1-19-14(8-9-18-19)16(22)17-11-15(21)20-10-4-6-12-5-2-3-7-13(12)20/h2-3,5,7-9H,4,6,10-11H2,1H3,(H,17,22). The van der Waals surface area contributed by atoms with Crippen LogP contribution < -0.4 is 10.2 Å². The second-order valence-electron chi connectivity index (χ2n) is 5.30. The summed E-state index contributed by atoms with van der Waals surface area (Å²) in [6.07, 6.45) is 3.48. The fraction of sp³-hybridized carbons (Fsp3) is 0.312. The number of anilines is 1. The number of benzene rings is 1. The van der Waals surface area contributed by atoms with Gasteiger partial charge >= 0.3 is 0 Å². The van der Waals surface area contributed by atoms with Crippen molar-refractivity contribution in [1.82, 2.24) is 15.1 Å². The van der Waals surface area contributed by atoms with Crippen LogP contribution in [0.25, 0.3) is 0 Å². The highest BCUT2D eigenvalue weighted by Crippen LogP contribution is 2.26. The van der Waals surface area contributed by atoms with Crippen molar-refractivity contribution in [3.8, 4) is 0 Å². The molecule has 0 aliphatic carbocycles. The van der Waals surface area contributed by atoms with Gasteiger partial charge in [0.1, 0.15) is 5.69 Å². The van der Waals surface area contributed by atoms with Crippen LogP contribution >= 0.6 is 0 Å². The molecule has 1 aliphatic rings. The second-order valence-corrected chi connectivity index (χ2v) is 5.30. The molecule has 0 spiro atoms. The Morgan fingerprint density at radius 1 is 1.27 bits per heavy atom. The minimum absolute atomic E-state index is 0.0155. The van der Waals surface area contributed by atoms with Crippen LogP contribution in [0.2, 0.25) is 0 Å². The van der Waals surface area contributed by atoms with Gasteiger partial charge in [0.2, 0.25) is 5.91 Å². The highest BCUT2D eigenvalue weighted by atomic mass is 16.2. The summed E-state index contributed by atoms with van der Waals surface area (Å²) in [6, 6.07) is 9.53.